The summed E-state index contributed by atoms with van der Waals surface area (Å²) in [4.78, 5) is 29.3. The third-order valence-corrected chi connectivity index (χ3v) is 5.70. The topological polar surface area (TPSA) is 70.1 Å². The third kappa shape index (κ3) is 4.75. The van der Waals surface area contributed by atoms with Gasteiger partial charge in [-0.3, -0.25) is 9.59 Å². The van der Waals surface area contributed by atoms with Crippen LogP contribution in [0.2, 0.25) is 10.0 Å². The molecule has 0 aliphatic carbocycles. The Morgan fingerprint density at radius 2 is 1.84 bits per heavy atom. The highest BCUT2D eigenvalue weighted by atomic mass is 35.5. The van der Waals surface area contributed by atoms with Gasteiger partial charge in [-0.1, -0.05) is 35.3 Å². The van der Waals surface area contributed by atoms with E-state index in [2.05, 4.69) is 0 Å². The Kier molecular flexibility index (Phi) is 7.44. The monoisotopic (exact) mass is 480 g/mol. The Hall–Kier alpha value is -2.61. The number of ketones is 1. The normalized spacial score (nSPS) is 18.0. The van der Waals surface area contributed by atoms with E-state index in [9.17, 15) is 19.1 Å². The number of methoxy groups -OCH3 is 1. The molecule has 1 unspecified atom stereocenters. The summed E-state index contributed by atoms with van der Waals surface area (Å²) in [6.45, 7) is 0.964. The molecular weight excluding hydrogens is 458 g/mol. The van der Waals surface area contributed by atoms with E-state index < -0.39 is 29.3 Å². The third-order valence-electron chi connectivity index (χ3n) is 5.20. The van der Waals surface area contributed by atoms with E-state index in [4.69, 9.17) is 27.9 Å². The number of halogens is 3. The van der Waals surface area contributed by atoms with Gasteiger partial charge in [0.25, 0.3) is 11.7 Å². The van der Waals surface area contributed by atoms with Gasteiger partial charge in [0.05, 0.1) is 29.3 Å². The fraction of sp³-hybridized carbons (Fsp3) is 0.304. The van der Waals surface area contributed by atoms with Crippen molar-refractivity contribution in [2.45, 2.75) is 12.5 Å². The lowest BCUT2D eigenvalue weighted by Gasteiger charge is -2.26. The zero-order valence-electron chi connectivity index (χ0n) is 17.9. The molecule has 6 nitrogen and oxygen atoms in total. The summed E-state index contributed by atoms with van der Waals surface area (Å²) >= 11 is 12.3. The van der Waals surface area contributed by atoms with Crippen molar-refractivity contribution in [3.8, 4) is 5.75 Å². The molecule has 1 N–H and O–H groups in total. The highest BCUT2D eigenvalue weighted by molar-refractivity contribution is 6.46. The van der Waals surface area contributed by atoms with Crippen molar-refractivity contribution in [3.63, 3.8) is 0 Å². The van der Waals surface area contributed by atoms with Gasteiger partial charge in [0.15, 0.2) is 0 Å². The van der Waals surface area contributed by atoms with Gasteiger partial charge in [-0.25, -0.2) is 4.39 Å². The van der Waals surface area contributed by atoms with E-state index >= 15 is 0 Å². The summed E-state index contributed by atoms with van der Waals surface area (Å²) in [5.41, 5.74) is 0.440. The number of likely N-dealkylation sites (tertiary alicyclic amines) is 1. The number of hydrogen-bond donors (Lipinski definition) is 1. The number of amides is 1. The number of aliphatic hydroxyl groups is 1. The van der Waals surface area contributed by atoms with Crippen molar-refractivity contribution in [2.24, 2.45) is 0 Å². The zero-order valence-corrected chi connectivity index (χ0v) is 19.4. The summed E-state index contributed by atoms with van der Waals surface area (Å²) in [7, 11) is 5.17. The average Bonchev–Trinajstić information content (AvgIpc) is 2.98. The van der Waals surface area contributed by atoms with E-state index in [0.717, 1.165) is 0 Å². The first-order valence-corrected chi connectivity index (χ1v) is 10.6. The molecule has 1 saturated heterocycles. The molecule has 1 aliphatic rings. The summed E-state index contributed by atoms with van der Waals surface area (Å²) in [5, 5.41) is 11.5. The minimum atomic E-state index is -0.903. The van der Waals surface area contributed by atoms with Gasteiger partial charge < -0.3 is 19.6 Å². The van der Waals surface area contributed by atoms with Crippen LogP contribution in [0.25, 0.3) is 5.76 Å². The molecule has 2 aromatic carbocycles. The minimum Gasteiger partial charge on any atom is -0.507 e. The van der Waals surface area contributed by atoms with E-state index in [1.807, 2.05) is 19.0 Å². The fourth-order valence-electron chi connectivity index (χ4n) is 3.75. The number of hydrogen-bond acceptors (Lipinski definition) is 5. The number of aliphatic hydroxyl groups excluding tert-OH is 1. The molecule has 0 spiro atoms. The van der Waals surface area contributed by atoms with Gasteiger partial charge in [0.1, 0.15) is 17.3 Å². The van der Waals surface area contributed by atoms with Crippen LogP contribution in [0.1, 0.15) is 23.6 Å². The van der Waals surface area contributed by atoms with E-state index in [0.29, 0.717) is 18.5 Å². The Labute approximate surface area is 195 Å². The fourth-order valence-corrected chi connectivity index (χ4v) is 4.32. The van der Waals surface area contributed by atoms with Crippen LogP contribution in [-0.4, -0.2) is 60.9 Å². The van der Waals surface area contributed by atoms with Gasteiger partial charge >= 0.3 is 0 Å². The lowest BCUT2D eigenvalue weighted by molar-refractivity contribution is -0.139. The molecule has 1 atom stereocenters. The van der Waals surface area contributed by atoms with Gasteiger partial charge in [-0.15, -0.1) is 0 Å². The molecule has 2 aromatic rings. The number of Topliss-reactive ketones (excluding diaryl/α,β-unsaturated/α-hetero) is 1. The lowest BCUT2D eigenvalue weighted by atomic mass is 9.95. The summed E-state index contributed by atoms with van der Waals surface area (Å²) in [6.07, 6.45) is 0.601. The van der Waals surface area contributed by atoms with Gasteiger partial charge in [-0.2, -0.15) is 0 Å². The summed E-state index contributed by atoms with van der Waals surface area (Å²) in [5.74, 6) is -2.40. The molecule has 3 rings (SSSR count). The minimum absolute atomic E-state index is 0.0865. The lowest BCUT2D eigenvalue weighted by Crippen LogP contribution is -2.32. The Morgan fingerprint density at radius 1 is 1.19 bits per heavy atom. The largest absolute Gasteiger partial charge is 0.507 e. The number of carbonyl (C=O) groups is 2. The van der Waals surface area contributed by atoms with E-state index in [1.165, 1.54) is 48.4 Å². The Balaban J connectivity index is 2.18. The standard InChI is InChI=1S/C23H23Cl2FN2O4/c1-27(2)9-4-10-28-19(13-5-7-15(26)8-6-13)18(21(30)23(28)31)20(29)16-11-14(24)12-17(25)22(16)32-3/h5-8,11-12,19,29H,4,9-10H2,1-3H3/b20-18+. The molecule has 1 heterocycles. The smallest absolute Gasteiger partial charge is 0.295 e. The second kappa shape index (κ2) is 9.90. The van der Waals surface area contributed by atoms with Crippen LogP contribution in [0.5, 0.6) is 5.75 Å². The maximum Gasteiger partial charge on any atom is 0.295 e. The molecule has 0 aromatic heterocycles. The first-order chi connectivity index (χ1) is 15.1. The second-order valence-corrected chi connectivity index (χ2v) is 8.51. The van der Waals surface area contributed by atoms with Gasteiger partial charge in [0, 0.05) is 11.6 Å². The van der Waals surface area contributed by atoms with Crippen molar-refractivity contribution in [1.82, 2.24) is 9.80 Å². The van der Waals surface area contributed by atoms with Crippen LogP contribution in [0.4, 0.5) is 4.39 Å². The quantitative estimate of drug-likeness (QED) is 0.358. The Bertz CT molecular complexity index is 1070. The predicted molar refractivity (Wildman–Crippen MR) is 122 cm³/mol. The SMILES string of the molecule is COc1c(Cl)cc(Cl)cc1/C(O)=C1\C(=O)C(=O)N(CCCN(C)C)C1c1ccc(F)cc1. The number of benzene rings is 2. The highest BCUT2D eigenvalue weighted by Gasteiger charge is 2.46. The Morgan fingerprint density at radius 3 is 2.44 bits per heavy atom. The van der Waals surface area contributed by atoms with Crippen LogP contribution in [0.15, 0.2) is 42.0 Å². The highest BCUT2D eigenvalue weighted by Crippen LogP contribution is 2.43. The van der Waals surface area contributed by atoms with Crippen molar-refractivity contribution in [3.05, 3.63) is 69.0 Å². The molecule has 32 heavy (non-hydrogen) atoms. The van der Waals surface area contributed by atoms with Crippen molar-refractivity contribution < 1.29 is 23.8 Å². The van der Waals surface area contributed by atoms with Crippen molar-refractivity contribution in [2.75, 3.05) is 34.3 Å². The maximum atomic E-state index is 13.6. The van der Waals surface area contributed by atoms with Gasteiger partial charge in [-0.05, 0) is 56.9 Å². The van der Waals surface area contributed by atoms with Gasteiger partial charge in [0.2, 0.25) is 0 Å². The van der Waals surface area contributed by atoms with Crippen LogP contribution in [0, 0.1) is 5.82 Å². The van der Waals surface area contributed by atoms with Crippen LogP contribution < -0.4 is 4.74 Å². The maximum absolute atomic E-state index is 13.6. The van der Waals surface area contributed by atoms with E-state index in [1.54, 1.807) is 0 Å². The summed E-state index contributed by atoms with van der Waals surface area (Å²) in [6, 6.07) is 7.40. The summed E-state index contributed by atoms with van der Waals surface area (Å²) < 4.78 is 18.9. The molecule has 0 bridgehead atoms. The second-order valence-electron chi connectivity index (χ2n) is 7.67. The number of nitrogens with zero attached hydrogens (tertiary/aromatic N) is 2. The number of carbonyl (C=O) groups excluding carboxylic acids is 2. The number of rotatable bonds is 7. The molecular formula is C23H23Cl2FN2O4. The van der Waals surface area contributed by atoms with Crippen molar-refractivity contribution >= 4 is 40.7 Å². The molecule has 170 valence electrons. The first-order valence-electron chi connectivity index (χ1n) is 9.87. The molecule has 1 fully saturated rings. The van der Waals surface area contributed by atoms with E-state index in [-0.39, 0.29) is 33.5 Å². The molecule has 0 radical (unpaired) electrons. The molecule has 0 saturated carbocycles. The molecule has 9 heteroatoms. The molecule has 1 aliphatic heterocycles. The molecule has 1 amide bonds. The van der Waals surface area contributed by atoms with Crippen LogP contribution in [0.3, 0.4) is 0 Å². The van der Waals surface area contributed by atoms with Crippen molar-refractivity contribution in [1.29, 1.82) is 0 Å². The predicted octanol–water partition coefficient (Wildman–Crippen LogP) is 4.51. The zero-order chi connectivity index (χ0) is 23.6. The average molecular weight is 481 g/mol. The number of ether oxygens (including phenoxy) is 1. The van der Waals surface area contributed by atoms with Crippen LogP contribution >= 0.6 is 23.2 Å². The first kappa shape index (κ1) is 24.0. The van der Waals surface area contributed by atoms with Crippen LogP contribution in [-0.2, 0) is 9.59 Å².